The van der Waals surface area contributed by atoms with Gasteiger partial charge in [-0.25, -0.2) is 14.1 Å². The highest BCUT2D eigenvalue weighted by atomic mass is 19.1. The van der Waals surface area contributed by atoms with Gasteiger partial charge in [-0.1, -0.05) is 6.08 Å². The molecule has 1 aromatic carbocycles. The number of benzene rings is 1. The van der Waals surface area contributed by atoms with Crippen molar-refractivity contribution in [3.63, 3.8) is 0 Å². The lowest BCUT2D eigenvalue weighted by atomic mass is 10.2. The molecule has 0 saturated carbocycles. The van der Waals surface area contributed by atoms with Gasteiger partial charge in [0.2, 0.25) is 5.91 Å². The smallest absolute Gasteiger partial charge is 0.335 e. The molecule has 2 saturated heterocycles. The van der Waals surface area contributed by atoms with Gasteiger partial charge in [-0.2, -0.15) is 0 Å². The van der Waals surface area contributed by atoms with E-state index in [1.54, 1.807) is 17.0 Å². The number of amides is 5. The van der Waals surface area contributed by atoms with Crippen LogP contribution in [-0.2, 0) is 14.4 Å². The first-order valence-corrected chi connectivity index (χ1v) is 8.49. The van der Waals surface area contributed by atoms with Gasteiger partial charge in [0.15, 0.2) is 0 Å². The molecule has 1 aromatic rings. The third-order valence-corrected chi connectivity index (χ3v) is 4.56. The molecular formula is C18H19FN4O4. The lowest BCUT2D eigenvalue weighted by molar-refractivity contribution is -0.144. The number of carbonyl (C=O) groups excluding carboxylic acids is 4. The van der Waals surface area contributed by atoms with Gasteiger partial charge in [-0.15, -0.1) is 6.58 Å². The zero-order chi connectivity index (χ0) is 19.6. The quantitative estimate of drug-likeness (QED) is 0.425. The molecule has 8 nitrogen and oxygen atoms in total. The van der Waals surface area contributed by atoms with E-state index in [0.717, 1.165) is 10.6 Å². The maximum Gasteiger partial charge on any atom is 0.335 e. The summed E-state index contributed by atoms with van der Waals surface area (Å²) < 4.78 is 13.0. The third-order valence-electron chi connectivity index (χ3n) is 4.56. The van der Waals surface area contributed by atoms with Crippen molar-refractivity contribution in [2.75, 3.05) is 44.2 Å². The van der Waals surface area contributed by atoms with E-state index in [2.05, 4.69) is 6.58 Å². The Morgan fingerprint density at radius 1 is 1.00 bits per heavy atom. The largest absolute Gasteiger partial charge is 0.368 e. The zero-order valence-electron chi connectivity index (χ0n) is 14.6. The summed E-state index contributed by atoms with van der Waals surface area (Å²) >= 11 is 0. The molecular weight excluding hydrogens is 355 g/mol. The Bertz CT molecular complexity index is 787. The lowest BCUT2D eigenvalue weighted by Crippen LogP contribution is -2.52. The van der Waals surface area contributed by atoms with Gasteiger partial charge in [-0.05, 0) is 24.3 Å². The molecule has 2 fully saturated rings. The van der Waals surface area contributed by atoms with Gasteiger partial charge in [0.05, 0.1) is 0 Å². The topological polar surface area (TPSA) is 81.2 Å². The van der Waals surface area contributed by atoms with Crippen molar-refractivity contribution < 1.29 is 23.6 Å². The minimum Gasteiger partial charge on any atom is -0.368 e. The summed E-state index contributed by atoms with van der Waals surface area (Å²) in [7, 11) is 0. The zero-order valence-corrected chi connectivity index (χ0v) is 14.6. The fraction of sp³-hybridized carbons (Fsp3) is 0.333. The van der Waals surface area contributed by atoms with Crippen molar-refractivity contribution in [2.45, 2.75) is 0 Å². The van der Waals surface area contributed by atoms with E-state index in [4.69, 9.17) is 0 Å². The number of hydrogen-bond acceptors (Lipinski definition) is 5. The lowest BCUT2D eigenvalue weighted by Gasteiger charge is -2.36. The van der Waals surface area contributed by atoms with E-state index in [9.17, 15) is 23.6 Å². The predicted octanol–water partition coefficient (Wildman–Crippen LogP) is 0.451. The molecule has 2 aliphatic heterocycles. The monoisotopic (exact) mass is 374 g/mol. The van der Waals surface area contributed by atoms with E-state index in [1.807, 2.05) is 4.90 Å². The first kappa shape index (κ1) is 18.6. The van der Waals surface area contributed by atoms with Gasteiger partial charge in [0.25, 0.3) is 0 Å². The summed E-state index contributed by atoms with van der Waals surface area (Å²) in [6, 6.07) is 5.30. The van der Waals surface area contributed by atoms with Crippen molar-refractivity contribution in [2.24, 2.45) is 0 Å². The minimum absolute atomic E-state index is 0.0789. The van der Waals surface area contributed by atoms with Crippen LogP contribution in [0.15, 0.2) is 36.9 Å². The number of anilines is 1. The van der Waals surface area contributed by atoms with Crippen molar-refractivity contribution in [1.29, 1.82) is 0 Å². The Morgan fingerprint density at radius 3 is 2.19 bits per heavy atom. The molecule has 27 heavy (non-hydrogen) atoms. The Hall–Kier alpha value is -3.23. The summed E-state index contributed by atoms with van der Waals surface area (Å²) in [4.78, 5) is 53.4. The third kappa shape index (κ3) is 3.67. The fourth-order valence-electron chi connectivity index (χ4n) is 3.08. The van der Waals surface area contributed by atoms with Crippen LogP contribution in [0.2, 0.25) is 0 Å². The van der Waals surface area contributed by atoms with E-state index in [0.29, 0.717) is 31.1 Å². The molecule has 2 aliphatic rings. The van der Waals surface area contributed by atoms with Crippen LogP contribution in [0.3, 0.4) is 0 Å². The van der Waals surface area contributed by atoms with Gasteiger partial charge < -0.3 is 9.80 Å². The second-order valence-corrected chi connectivity index (χ2v) is 6.22. The Balaban J connectivity index is 1.57. The standard InChI is InChI=1S/C18H19FN4O4/c1-2-7-22-16(25)17(26)23(18(22)27)12-15(24)21-10-8-20(9-11-21)14-5-3-13(19)4-6-14/h2-6H,1,7-12H2. The maximum absolute atomic E-state index is 13.0. The van der Waals surface area contributed by atoms with Crippen molar-refractivity contribution in [1.82, 2.24) is 14.7 Å². The molecule has 0 N–H and O–H groups in total. The van der Waals surface area contributed by atoms with Crippen molar-refractivity contribution in [3.05, 3.63) is 42.7 Å². The van der Waals surface area contributed by atoms with Crippen LogP contribution in [0.1, 0.15) is 0 Å². The molecule has 0 unspecified atom stereocenters. The fourth-order valence-corrected chi connectivity index (χ4v) is 3.08. The van der Waals surface area contributed by atoms with Crippen molar-refractivity contribution >= 4 is 29.4 Å². The highest BCUT2D eigenvalue weighted by molar-refractivity contribution is 6.45. The van der Waals surface area contributed by atoms with Crippen LogP contribution < -0.4 is 4.90 Å². The number of carbonyl (C=O) groups is 4. The number of imide groups is 2. The van der Waals surface area contributed by atoms with E-state index in [1.165, 1.54) is 18.2 Å². The van der Waals surface area contributed by atoms with Crippen LogP contribution in [0.5, 0.6) is 0 Å². The molecule has 0 bridgehead atoms. The molecule has 9 heteroatoms. The van der Waals surface area contributed by atoms with Crippen LogP contribution in [0.4, 0.5) is 14.9 Å². The van der Waals surface area contributed by atoms with Crippen LogP contribution in [-0.4, -0.2) is 77.7 Å². The first-order valence-electron chi connectivity index (χ1n) is 8.49. The van der Waals surface area contributed by atoms with Gasteiger partial charge in [0.1, 0.15) is 12.4 Å². The summed E-state index contributed by atoms with van der Waals surface area (Å²) in [5.74, 6) is -2.66. The Kier molecular flexibility index (Phi) is 5.20. The van der Waals surface area contributed by atoms with E-state index in [-0.39, 0.29) is 12.4 Å². The number of piperazine rings is 1. The second kappa shape index (κ2) is 7.56. The first-order chi connectivity index (χ1) is 12.9. The molecule has 0 radical (unpaired) electrons. The van der Waals surface area contributed by atoms with Crippen LogP contribution in [0.25, 0.3) is 0 Å². The van der Waals surface area contributed by atoms with Gasteiger partial charge >= 0.3 is 17.8 Å². The Morgan fingerprint density at radius 2 is 1.59 bits per heavy atom. The molecule has 0 spiro atoms. The molecule has 0 atom stereocenters. The van der Waals surface area contributed by atoms with E-state index < -0.39 is 30.3 Å². The Labute approximate surface area is 155 Å². The minimum atomic E-state index is -1.000. The SMILES string of the molecule is C=CCN1C(=O)C(=O)N(CC(=O)N2CCN(c3ccc(F)cc3)CC2)C1=O. The second-order valence-electron chi connectivity index (χ2n) is 6.22. The van der Waals surface area contributed by atoms with Crippen molar-refractivity contribution in [3.8, 4) is 0 Å². The number of rotatable bonds is 5. The molecule has 2 heterocycles. The average molecular weight is 374 g/mol. The van der Waals surface area contributed by atoms with Gasteiger partial charge in [0, 0.05) is 38.4 Å². The molecule has 0 aliphatic carbocycles. The maximum atomic E-state index is 13.0. The van der Waals surface area contributed by atoms with Crippen LogP contribution in [0, 0.1) is 5.82 Å². The highest BCUT2D eigenvalue weighted by Crippen LogP contribution is 2.18. The molecule has 3 rings (SSSR count). The van der Waals surface area contributed by atoms with E-state index >= 15 is 0 Å². The normalized spacial score (nSPS) is 17.7. The van der Waals surface area contributed by atoms with Gasteiger partial charge in [-0.3, -0.25) is 19.3 Å². The summed E-state index contributed by atoms with van der Waals surface area (Å²) in [5.41, 5.74) is 0.860. The summed E-state index contributed by atoms with van der Waals surface area (Å²) in [6.07, 6.45) is 1.34. The molecule has 0 aromatic heterocycles. The molecule has 5 amide bonds. The number of nitrogens with zero attached hydrogens (tertiary/aromatic N) is 4. The number of urea groups is 1. The number of hydrogen-bond donors (Lipinski definition) is 0. The average Bonchev–Trinajstić information content (AvgIpc) is 2.87. The van der Waals surface area contributed by atoms with Crippen LogP contribution >= 0.6 is 0 Å². The highest BCUT2D eigenvalue weighted by Gasteiger charge is 2.45. The summed E-state index contributed by atoms with van der Waals surface area (Å²) in [6.45, 7) is 4.78. The number of halogens is 1. The predicted molar refractivity (Wildman–Crippen MR) is 94.2 cm³/mol. The summed E-state index contributed by atoms with van der Waals surface area (Å²) in [5, 5.41) is 0. The molecule has 142 valence electrons.